The quantitative estimate of drug-likeness (QED) is 0.426. The van der Waals surface area contributed by atoms with E-state index in [0.29, 0.717) is 23.3 Å². The van der Waals surface area contributed by atoms with E-state index in [-0.39, 0.29) is 11.4 Å². The summed E-state index contributed by atoms with van der Waals surface area (Å²) in [5, 5.41) is 0. The lowest BCUT2D eigenvalue weighted by Crippen LogP contribution is -2.38. The molecule has 2 heteroatoms. The number of carbonyl (C=O) groups excluding carboxylic acids is 1. The molecule has 1 aromatic carbocycles. The Kier molecular flexibility index (Phi) is 7.76. The number of hydrogen-bond acceptors (Lipinski definition) is 2. The SMILES string of the molecule is CCC(C)(C)C(CC(C)C)c1cccc(C(=O)OC(C)(C)C2CCCCC2)c1. The Bertz CT molecular complexity index is 636. The summed E-state index contributed by atoms with van der Waals surface area (Å²) >= 11 is 0. The average molecular weight is 387 g/mol. The van der Waals surface area contributed by atoms with Crippen LogP contribution in [-0.4, -0.2) is 11.6 Å². The second kappa shape index (κ2) is 9.46. The van der Waals surface area contributed by atoms with E-state index in [9.17, 15) is 4.79 Å². The van der Waals surface area contributed by atoms with E-state index < -0.39 is 5.60 Å². The second-order valence-electron chi connectivity index (χ2n) is 10.5. The van der Waals surface area contributed by atoms with Crippen LogP contribution in [0.25, 0.3) is 0 Å². The largest absolute Gasteiger partial charge is 0.456 e. The van der Waals surface area contributed by atoms with Gasteiger partial charge in [0.05, 0.1) is 5.56 Å². The van der Waals surface area contributed by atoms with E-state index in [2.05, 4.69) is 60.6 Å². The van der Waals surface area contributed by atoms with Crippen molar-refractivity contribution in [3.8, 4) is 0 Å². The van der Waals surface area contributed by atoms with E-state index in [1.54, 1.807) is 0 Å². The van der Waals surface area contributed by atoms with Gasteiger partial charge in [0.2, 0.25) is 0 Å². The molecule has 1 aromatic rings. The third-order valence-corrected chi connectivity index (χ3v) is 7.03. The molecule has 1 aliphatic carbocycles. The molecule has 2 rings (SSSR count). The molecule has 1 saturated carbocycles. The highest BCUT2D eigenvalue weighted by Crippen LogP contribution is 2.43. The zero-order chi connectivity index (χ0) is 20.9. The van der Waals surface area contributed by atoms with Crippen molar-refractivity contribution in [1.29, 1.82) is 0 Å². The Hall–Kier alpha value is -1.31. The maximum Gasteiger partial charge on any atom is 0.338 e. The van der Waals surface area contributed by atoms with E-state index in [0.717, 1.165) is 12.8 Å². The van der Waals surface area contributed by atoms with Crippen LogP contribution in [-0.2, 0) is 4.74 Å². The van der Waals surface area contributed by atoms with Crippen LogP contribution in [0.1, 0.15) is 115 Å². The van der Waals surface area contributed by atoms with Crippen molar-refractivity contribution in [2.45, 2.75) is 105 Å². The zero-order valence-electron chi connectivity index (χ0n) is 19.3. The van der Waals surface area contributed by atoms with Gasteiger partial charge in [-0.3, -0.25) is 0 Å². The molecular weight excluding hydrogens is 344 g/mol. The van der Waals surface area contributed by atoms with Crippen LogP contribution in [0.15, 0.2) is 24.3 Å². The van der Waals surface area contributed by atoms with Crippen LogP contribution in [0.2, 0.25) is 0 Å². The van der Waals surface area contributed by atoms with Gasteiger partial charge in [-0.05, 0) is 74.0 Å². The first-order valence-corrected chi connectivity index (χ1v) is 11.4. The minimum absolute atomic E-state index is 0.171. The Morgan fingerprint density at radius 3 is 2.32 bits per heavy atom. The fourth-order valence-corrected chi connectivity index (χ4v) is 4.69. The molecule has 158 valence electrons. The van der Waals surface area contributed by atoms with Crippen molar-refractivity contribution in [2.75, 3.05) is 0 Å². The Morgan fingerprint density at radius 1 is 1.11 bits per heavy atom. The topological polar surface area (TPSA) is 26.3 Å². The molecule has 0 radical (unpaired) electrons. The fraction of sp³-hybridized carbons (Fsp3) is 0.731. The molecule has 0 N–H and O–H groups in total. The van der Waals surface area contributed by atoms with Gasteiger partial charge in [0.15, 0.2) is 0 Å². The number of rotatable bonds is 8. The summed E-state index contributed by atoms with van der Waals surface area (Å²) in [5.74, 6) is 1.37. The number of esters is 1. The number of hydrogen-bond donors (Lipinski definition) is 0. The molecule has 2 nitrogen and oxygen atoms in total. The summed E-state index contributed by atoms with van der Waals surface area (Å²) in [6.45, 7) is 15.7. The fourth-order valence-electron chi connectivity index (χ4n) is 4.69. The predicted octanol–water partition coefficient (Wildman–Crippen LogP) is 7.77. The highest BCUT2D eigenvalue weighted by Gasteiger charge is 2.35. The Morgan fingerprint density at radius 2 is 1.75 bits per heavy atom. The molecule has 0 bridgehead atoms. The molecule has 0 aromatic heterocycles. The van der Waals surface area contributed by atoms with Gasteiger partial charge in [0, 0.05) is 0 Å². The van der Waals surface area contributed by atoms with Crippen molar-refractivity contribution < 1.29 is 9.53 Å². The van der Waals surface area contributed by atoms with E-state index in [1.165, 1.54) is 37.7 Å². The molecule has 1 atom stereocenters. The summed E-state index contributed by atoms with van der Waals surface area (Å²) in [6.07, 6.45) is 8.41. The van der Waals surface area contributed by atoms with Crippen LogP contribution < -0.4 is 0 Å². The van der Waals surface area contributed by atoms with E-state index >= 15 is 0 Å². The molecule has 0 amide bonds. The van der Waals surface area contributed by atoms with Gasteiger partial charge >= 0.3 is 5.97 Å². The maximum atomic E-state index is 13.0. The third-order valence-electron chi connectivity index (χ3n) is 7.03. The minimum Gasteiger partial charge on any atom is -0.456 e. The number of carbonyl (C=O) groups is 1. The molecule has 0 aliphatic heterocycles. The molecule has 1 aliphatic rings. The van der Waals surface area contributed by atoms with Crippen LogP contribution in [0.3, 0.4) is 0 Å². The standard InChI is InChI=1S/C26H42O2/c1-8-25(4,5)23(17-19(2)3)20-13-12-14-21(18-20)24(27)28-26(6,7)22-15-10-9-11-16-22/h12-14,18-19,22-23H,8-11,15-17H2,1-7H3. The molecule has 1 fully saturated rings. The van der Waals surface area contributed by atoms with Crippen LogP contribution >= 0.6 is 0 Å². The lowest BCUT2D eigenvalue weighted by atomic mass is 9.69. The van der Waals surface area contributed by atoms with Crippen LogP contribution in [0, 0.1) is 17.3 Å². The van der Waals surface area contributed by atoms with Gasteiger partial charge in [-0.25, -0.2) is 4.79 Å². The smallest absolute Gasteiger partial charge is 0.338 e. The third kappa shape index (κ3) is 5.84. The zero-order valence-corrected chi connectivity index (χ0v) is 19.3. The molecule has 0 heterocycles. The lowest BCUT2D eigenvalue weighted by Gasteiger charge is -2.37. The van der Waals surface area contributed by atoms with Crippen LogP contribution in [0.5, 0.6) is 0 Å². The van der Waals surface area contributed by atoms with Crippen molar-refractivity contribution in [2.24, 2.45) is 17.3 Å². The first-order chi connectivity index (χ1) is 13.1. The van der Waals surface area contributed by atoms with Crippen molar-refractivity contribution in [3.05, 3.63) is 35.4 Å². The second-order valence-corrected chi connectivity index (χ2v) is 10.5. The first-order valence-electron chi connectivity index (χ1n) is 11.4. The molecule has 28 heavy (non-hydrogen) atoms. The highest BCUT2D eigenvalue weighted by molar-refractivity contribution is 5.90. The molecule has 0 saturated heterocycles. The van der Waals surface area contributed by atoms with Crippen molar-refractivity contribution >= 4 is 5.97 Å². The maximum absolute atomic E-state index is 13.0. The Labute approximate surface area is 173 Å². The van der Waals surface area contributed by atoms with Crippen molar-refractivity contribution in [1.82, 2.24) is 0 Å². The van der Waals surface area contributed by atoms with Gasteiger partial charge in [0.1, 0.15) is 5.60 Å². The summed E-state index contributed by atoms with van der Waals surface area (Å²) < 4.78 is 6.05. The van der Waals surface area contributed by atoms with Crippen molar-refractivity contribution in [3.63, 3.8) is 0 Å². The van der Waals surface area contributed by atoms with Gasteiger partial charge in [-0.1, -0.05) is 72.4 Å². The van der Waals surface area contributed by atoms with Gasteiger partial charge in [0.25, 0.3) is 0 Å². The first kappa shape index (κ1) is 23.0. The lowest BCUT2D eigenvalue weighted by molar-refractivity contribution is -0.0384. The van der Waals surface area contributed by atoms with Gasteiger partial charge < -0.3 is 4.74 Å². The molecule has 0 spiro atoms. The van der Waals surface area contributed by atoms with Gasteiger partial charge in [-0.2, -0.15) is 0 Å². The predicted molar refractivity (Wildman–Crippen MR) is 119 cm³/mol. The summed E-state index contributed by atoms with van der Waals surface area (Å²) in [7, 11) is 0. The van der Waals surface area contributed by atoms with E-state index in [4.69, 9.17) is 4.74 Å². The van der Waals surface area contributed by atoms with Crippen LogP contribution in [0.4, 0.5) is 0 Å². The minimum atomic E-state index is -0.395. The highest BCUT2D eigenvalue weighted by atomic mass is 16.6. The Balaban J connectivity index is 2.21. The monoisotopic (exact) mass is 386 g/mol. The number of ether oxygens (including phenoxy) is 1. The summed E-state index contributed by atoms with van der Waals surface area (Å²) in [5.41, 5.74) is 1.77. The molecule has 1 unspecified atom stereocenters. The summed E-state index contributed by atoms with van der Waals surface area (Å²) in [4.78, 5) is 13.0. The van der Waals surface area contributed by atoms with E-state index in [1.807, 2.05) is 12.1 Å². The normalized spacial score (nSPS) is 17.6. The van der Waals surface area contributed by atoms with Gasteiger partial charge in [-0.15, -0.1) is 0 Å². The summed E-state index contributed by atoms with van der Waals surface area (Å²) in [6, 6.07) is 8.21. The average Bonchev–Trinajstić information content (AvgIpc) is 2.66. The number of benzene rings is 1. The molecular formula is C26H42O2.